The molecule has 0 aliphatic carbocycles. The normalized spacial score (nSPS) is 23.3. The third kappa shape index (κ3) is 6.21. The van der Waals surface area contributed by atoms with Crippen LogP contribution in [0.4, 0.5) is 21.9 Å². The van der Waals surface area contributed by atoms with E-state index in [0.717, 1.165) is 76.3 Å². The molecular formula is C31H46N6O5. The lowest BCUT2D eigenvalue weighted by Crippen LogP contribution is -2.64. The van der Waals surface area contributed by atoms with Gasteiger partial charge in [-0.05, 0) is 70.4 Å². The number of piperidine rings is 3. The number of hydrogen-bond acceptors (Lipinski definition) is 8. The number of carbonyl (C=O) groups excluding carboxylic acids is 4. The molecular weight excluding hydrogens is 536 g/mol. The molecule has 4 aliphatic heterocycles. The van der Waals surface area contributed by atoms with Gasteiger partial charge >= 0.3 is 6.09 Å². The first kappa shape index (κ1) is 30.1. The Balaban J connectivity index is 1.19. The molecule has 1 unspecified atom stereocenters. The molecule has 4 amide bonds. The van der Waals surface area contributed by atoms with Crippen molar-refractivity contribution in [2.45, 2.75) is 77.0 Å². The highest BCUT2D eigenvalue weighted by Gasteiger charge is 2.48. The van der Waals surface area contributed by atoms with E-state index in [9.17, 15) is 19.2 Å². The van der Waals surface area contributed by atoms with Crippen LogP contribution in [0.3, 0.4) is 0 Å². The molecule has 230 valence electrons. The van der Waals surface area contributed by atoms with Crippen LogP contribution in [0, 0.1) is 5.41 Å². The van der Waals surface area contributed by atoms with E-state index >= 15 is 0 Å². The van der Waals surface area contributed by atoms with Gasteiger partial charge in [0.05, 0.1) is 17.1 Å². The third-order valence-corrected chi connectivity index (χ3v) is 9.25. The van der Waals surface area contributed by atoms with Gasteiger partial charge in [-0.3, -0.25) is 24.6 Å². The molecule has 11 heteroatoms. The lowest BCUT2D eigenvalue weighted by atomic mass is 9.70. The summed E-state index contributed by atoms with van der Waals surface area (Å²) in [5.74, 6) is -0.731. The second-order valence-corrected chi connectivity index (χ2v) is 13.6. The highest BCUT2D eigenvalue weighted by atomic mass is 16.6. The first-order valence-electron chi connectivity index (χ1n) is 15.2. The fourth-order valence-corrected chi connectivity index (χ4v) is 7.04. The van der Waals surface area contributed by atoms with Crippen LogP contribution in [0.25, 0.3) is 0 Å². The fourth-order valence-electron chi connectivity index (χ4n) is 7.04. The molecule has 11 nitrogen and oxygen atoms in total. The molecule has 1 spiro atoms. The Morgan fingerprint density at radius 2 is 1.71 bits per heavy atom. The molecule has 4 heterocycles. The number of para-hydroxylation sites is 1. The Hall–Kier alpha value is -3.34. The van der Waals surface area contributed by atoms with Crippen molar-refractivity contribution < 1.29 is 23.9 Å². The maximum Gasteiger partial charge on any atom is 0.410 e. The van der Waals surface area contributed by atoms with Gasteiger partial charge in [-0.15, -0.1) is 0 Å². The van der Waals surface area contributed by atoms with Crippen molar-refractivity contribution in [1.29, 1.82) is 0 Å². The summed E-state index contributed by atoms with van der Waals surface area (Å²) in [6.45, 7) is 11.3. The number of rotatable bonds is 6. The first-order chi connectivity index (χ1) is 19.9. The minimum Gasteiger partial charge on any atom is -0.444 e. The van der Waals surface area contributed by atoms with Crippen LogP contribution >= 0.6 is 0 Å². The van der Waals surface area contributed by atoms with Crippen molar-refractivity contribution in [2.24, 2.45) is 5.41 Å². The highest BCUT2D eigenvalue weighted by molar-refractivity contribution is 6.05. The molecule has 4 aliphatic rings. The zero-order valence-electron chi connectivity index (χ0n) is 25.7. The van der Waals surface area contributed by atoms with Gasteiger partial charge in [-0.1, -0.05) is 6.07 Å². The number of carbonyl (C=O) groups is 4. The van der Waals surface area contributed by atoms with E-state index < -0.39 is 17.6 Å². The van der Waals surface area contributed by atoms with E-state index in [1.165, 1.54) is 4.90 Å². The predicted octanol–water partition coefficient (Wildman–Crippen LogP) is 2.82. The van der Waals surface area contributed by atoms with Crippen molar-refractivity contribution >= 4 is 41.4 Å². The minimum atomic E-state index is -0.712. The van der Waals surface area contributed by atoms with E-state index in [-0.39, 0.29) is 18.4 Å². The van der Waals surface area contributed by atoms with Crippen molar-refractivity contribution in [2.75, 3.05) is 68.1 Å². The van der Waals surface area contributed by atoms with Gasteiger partial charge in [0.15, 0.2) is 0 Å². The molecule has 5 rings (SSSR count). The molecule has 0 bridgehead atoms. The van der Waals surface area contributed by atoms with Gasteiger partial charge < -0.3 is 24.3 Å². The summed E-state index contributed by atoms with van der Waals surface area (Å²) in [5.41, 5.74) is 2.49. The summed E-state index contributed by atoms with van der Waals surface area (Å²) in [5, 5.41) is 2.38. The quantitative estimate of drug-likeness (QED) is 0.403. The number of nitrogens with one attached hydrogen (secondary N) is 1. The summed E-state index contributed by atoms with van der Waals surface area (Å²) in [6, 6.07) is 5.72. The molecule has 1 atom stereocenters. The minimum absolute atomic E-state index is 0.206. The van der Waals surface area contributed by atoms with E-state index in [1.807, 2.05) is 56.8 Å². The van der Waals surface area contributed by atoms with Crippen LogP contribution < -0.4 is 20.0 Å². The summed E-state index contributed by atoms with van der Waals surface area (Å²) < 4.78 is 5.55. The van der Waals surface area contributed by atoms with Crippen molar-refractivity contribution in [3.63, 3.8) is 0 Å². The van der Waals surface area contributed by atoms with Crippen LogP contribution in [0.2, 0.25) is 0 Å². The summed E-state index contributed by atoms with van der Waals surface area (Å²) >= 11 is 0. The van der Waals surface area contributed by atoms with Gasteiger partial charge in [-0.2, -0.15) is 0 Å². The zero-order chi connectivity index (χ0) is 30.2. The molecule has 0 saturated carbocycles. The van der Waals surface area contributed by atoms with E-state index in [2.05, 4.69) is 21.2 Å². The van der Waals surface area contributed by atoms with E-state index in [0.29, 0.717) is 30.0 Å². The largest absolute Gasteiger partial charge is 0.444 e. The molecule has 0 radical (unpaired) electrons. The number of anilines is 3. The number of benzene rings is 1. The summed E-state index contributed by atoms with van der Waals surface area (Å²) in [7, 11) is 3.91. The highest BCUT2D eigenvalue weighted by Crippen LogP contribution is 2.46. The Kier molecular flexibility index (Phi) is 8.42. The van der Waals surface area contributed by atoms with Gasteiger partial charge in [0.25, 0.3) is 0 Å². The van der Waals surface area contributed by atoms with E-state index in [4.69, 9.17) is 4.74 Å². The smallest absolute Gasteiger partial charge is 0.410 e. The zero-order valence-corrected chi connectivity index (χ0v) is 25.7. The van der Waals surface area contributed by atoms with Crippen molar-refractivity contribution in [1.82, 2.24) is 15.1 Å². The molecule has 4 fully saturated rings. The van der Waals surface area contributed by atoms with Gasteiger partial charge in [0.1, 0.15) is 11.6 Å². The number of nitrogens with zero attached hydrogens (tertiary/aromatic N) is 5. The topological polar surface area (TPSA) is 106 Å². The summed E-state index contributed by atoms with van der Waals surface area (Å²) in [6.07, 6.45) is 5.20. The second kappa shape index (κ2) is 11.7. The van der Waals surface area contributed by atoms with Crippen LogP contribution in [-0.4, -0.2) is 105 Å². The van der Waals surface area contributed by atoms with Crippen molar-refractivity contribution in [3.8, 4) is 0 Å². The molecule has 1 N–H and O–H groups in total. The summed E-state index contributed by atoms with van der Waals surface area (Å²) in [4.78, 5) is 59.4. The molecule has 1 aromatic carbocycles. The molecule has 1 aromatic rings. The average Bonchev–Trinajstić information content (AvgIpc) is 2.92. The lowest BCUT2D eigenvalue weighted by Gasteiger charge is -2.57. The maximum atomic E-state index is 12.6. The maximum absolute atomic E-state index is 12.6. The van der Waals surface area contributed by atoms with Gasteiger partial charge in [0, 0.05) is 65.8 Å². The monoisotopic (exact) mass is 582 g/mol. The molecule has 0 aromatic heterocycles. The van der Waals surface area contributed by atoms with Crippen molar-refractivity contribution in [3.05, 3.63) is 18.2 Å². The van der Waals surface area contributed by atoms with Crippen LogP contribution in [-0.2, 0) is 19.1 Å². The first-order valence-corrected chi connectivity index (χ1v) is 15.2. The van der Waals surface area contributed by atoms with Crippen LogP contribution in [0.5, 0.6) is 0 Å². The second-order valence-electron chi connectivity index (χ2n) is 13.6. The van der Waals surface area contributed by atoms with Gasteiger partial charge in [0.2, 0.25) is 18.2 Å². The Morgan fingerprint density at radius 1 is 1.05 bits per heavy atom. The fraction of sp³-hybridized carbons (Fsp3) is 0.677. The predicted molar refractivity (Wildman–Crippen MR) is 162 cm³/mol. The number of hydrogen-bond donors (Lipinski definition) is 1. The Morgan fingerprint density at radius 3 is 2.29 bits per heavy atom. The number of likely N-dealkylation sites (tertiary alicyclic amines) is 2. The van der Waals surface area contributed by atoms with Gasteiger partial charge in [-0.25, -0.2) is 4.79 Å². The number of ether oxygens (including phenoxy) is 1. The number of imide groups is 1. The average molecular weight is 583 g/mol. The standard InChI is InChI=1S/C31H46N6O5/c1-30(2,3)42-29(41)35-15-11-22(12-16-35)36-19-31(20-36)13-17-34(18-14-31)23-7-6-8-24(27(23)33(4)5)37(21-38)25-9-10-26(39)32-28(25)40/h6-8,21-22,25H,9-20H2,1-5H3,(H,32,39,40). The third-order valence-electron chi connectivity index (χ3n) is 9.25. The number of amides is 4. The molecule has 4 saturated heterocycles. The lowest BCUT2D eigenvalue weighted by molar-refractivity contribution is -0.134. The van der Waals surface area contributed by atoms with Crippen LogP contribution in [0.1, 0.15) is 59.3 Å². The van der Waals surface area contributed by atoms with E-state index in [1.54, 1.807) is 0 Å². The Labute approximate surface area is 249 Å². The molecule has 42 heavy (non-hydrogen) atoms. The SMILES string of the molecule is CN(C)c1c(N2CCC3(CC2)CN(C2CCN(C(=O)OC(C)(C)C)CC2)C3)cccc1N(C=O)C1CCC(=O)NC1=O. The van der Waals surface area contributed by atoms with Crippen LogP contribution in [0.15, 0.2) is 18.2 Å². The Bertz CT molecular complexity index is 1190.